The first-order chi connectivity index (χ1) is 24.7. The number of rotatable bonds is 4. The molecule has 9 rings (SSSR count). The lowest BCUT2D eigenvalue weighted by molar-refractivity contribution is 0.728. The summed E-state index contributed by atoms with van der Waals surface area (Å²) in [5.74, 6) is -0.825. The van der Waals surface area contributed by atoms with Crippen molar-refractivity contribution in [2.75, 3.05) is 0 Å². The molecule has 0 aliphatic heterocycles. The van der Waals surface area contributed by atoms with E-state index in [0.717, 1.165) is 72.0 Å². The zero-order valence-corrected chi connectivity index (χ0v) is 27.0. The summed E-state index contributed by atoms with van der Waals surface area (Å²) in [6, 6.07) is 46.7. The van der Waals surface area contributed by atoms with Crippen LogP contribution in [-0.4, -0.2) is 9.13 Å². The van der Waals surface area contributed by atoms with Gasteiger partial charge in [-0.1, -0.05) is 91.0 Å². The highest BCUT2D eigenvalue weighted by Gasteiger charge is 2.31. The van der Waals surface area contributed by atoms with Crippen LogP contribution in [0.25, 0.3) is 55.7 Å². The van der Waals surface area contributed by atoms with Crippen molar-refractivity contribution in [1.29, 1.82) is 15.8 Å². The number of allylic oxidation sites excluding steroid dienone is 5. The summed E-state index contributed by atoms with van der Waals surface area (Å²) in [5.41, 5.74) is 10.9. The minimum atomic E-state index is -0.437. The quantitative estimate of drug-likeness (QED) is 0.192. The molecule has 7 aromatic rings. The molecule has 2 heterocycles. The van der Waals surface area contributed by atoms with E-state index in [-0.39, 0.29) is 11.8 Å². The molecular formula is C45H29N5. The van der Waals surface area contributed by atoms with Gasteiger partial charge in [-0.15, -0.1) is 0 Å². The number of para-hydroxylation sites is 3. The van der Waals surface area contributed by atoms with E-state index >= 15 is 0 Å². The average molecular weight is 640 g/mol. The zero-order valence-electron chi connectivity index (χ0n) is 27.0. The monoisotopic (exact) mass is 639 g/mol. The highest BCUT2D eigenvalue weighted by atomic mass is 15.0. The minimum Gasteiger partial charge on any atom is -0.309 e. The van der Waals surface area contributed by atoms with Gasteiger partial charge in [0.2, 0.25) is 0 Å². The van der Waals surface area contributed by atoms with Crippen LogP contribution < -0.4 is 0 Å². The van der Waals surface area contributed by atoms with E-state index in [2.05, 4.69) is 118 Å². The van der Waals surface area contributed by atoms with Gasteiger partial charge in [0.25, 0.3) is 0 Å². The smallest absolute Gasteiger partial charge is 0.0991 e. The lowest BCUT2D eigenvalue weighted by atomic mass is 9.76. The number of fused-ring (bicyclic) bond motifs is 6. The predicted octanol–water partition coefficient (Wildman–Crippen LogP) is 10.5. The maximum Gasteiger partial charge on any atom is 0.0991 e. The van der Waals surface area contributed by atoms with Crippen LogP contribution in [0.5, 0.6) is 0 Å². The fourth-order valence-electron chi connectivity index (χ4n) is 8.13. The van der Waals surface area contributed by atoms with Crippen LogP contribution in [0.4, 0.5) is 0 Å². The number of aromatic nitrogens is 2. The summed E-state index contributed by atoms with van der Waals surface area (Å²) in [6.07, 6.45) is 11.2. The van der Waals surface area contributed by atoms with E-state index in [1.54, 1.807) is 0 Å². The van der Waals surface area contributed by atoms with Crippen LogP contribution in [0.3, 0.4) is 0 Å². The van der Waals surface area contributed by atoms with E-state index < -0.39 is 5.92 Å². The van der Waals surface area contributed by atoms with E-state index in [9.17, 15) is 15.8 Å². The Morgan fingerprint density at radius 3 is 2.24 bits per heavy atom. The van der Waals surface area contributed by atoms with Crippen LogP contribution in [-0.2, 0) is 0 Å². The molecule has 3 atom stereocenters. The van der Waals surface area contributed by atoms with Gasteiger partial charge in [-0.05, 0) is 72.2 Å². The molecule has 0 fully saturated rings. The lowest BCUT2D eigenvalue weighted by Crippen LogP contribution is -2.16. The second-order valence-electron chi connectivity index (χ2n) is 12.9. The molecule has 234 valence electrons. The second kappa shape index (κ2) is 11.7. The largest absolute Gasteiger partial charge is 0.309 e. The first kappa shape index (κ1) is 29.3. The van der Waals surface area contributed by atoms with E-state index in [4.69, 9.17) is 0 Å². The van der Waals surface area contributed by atoms with Crippen molar-refractivity contribution in [3.05, 3.63) is 168 Å². The van der Waals surface area contributed by atoms with Crippen LogP contribution in [0.1, 0.15) is 46.2 Å². The Labute approximate surface area is 289 Å². The van der Waals surface area contributed by atoms with E-state index in [1.807, 2.05) is 54.6 Å². The number of benzene rings is 5. The van der Waals surface area contributed by atoms with Gasteiger partial charge in [0, 0.05) is 38.9 Å². The molecule has 2 aliphatic carbocycles. The first-order valence-corrected chi connectivity index (χ1v) is 16.8. The molecule has 0 saturated carbocycles. The third-order valence-corrected chi connectivity index (χ3v) is 10.3. The minimum absolute atomic E-state index is 0.176. The Balaban J connectivity index is 1.17. The molecular weight excluding hydrogens is 611 g/mol. The van der Waals surface area contributed by atoms with E-state index in [1.165, 1.54) is 0 Å². The van der Waals surface area contributed by atoms with Crippen LogP contribution in [0.2, 0.25) is 0 Å². The highest BCUT2D eigenvalue weighted by Crippen LogP contribution is 2.45. The maximum atomic E-state index is 10.9. The van der Waals surface area contributed by atoms with Crippen molar-refractivity contribution in [2.24, 2.45) is 5.92 Å². The second-order valence-corrected chi connectivity index (χ2v) is 12.9. The summed E-state index contributed by atoms with van der Waals surface area (Å²) < 4.78 is 4.51. The van der Waals surface area contributed by atoms with Gasteiger partial charge in [-0.2, -0.15) is 15.8 Å². The molecule has 0 saturated heterocycles. The van der Waals surface area contributed by atoms with Crippen molar-refractivity contribution in [3.8, 4) is 29.6 Å². The van der Waals surface area contributed by atoms with Gasteiger partial charge in [-0.25, -0.2) is 0 Å². The van der Waals surface area contributed by atoms with Gasteiger partial charge in [0.05, 0.1) is 63.5 Å². The number of nitriles is 3. The third kappa shape index (κ3) is 4.37. The average Bonchev–Trinajstić information content (AvgIpc) is 3.70. The molecule has 0 N–H and O–H groups in total. The summed E-state index contributed by atoms with van der Waals surface area (Å²) in [7, 11) is 0. The molecule has 5 aromatic carbocycles. The predicted molar refractivity (Wildman–Crippen MR) is 200 cm³/mol. The summed E-state index contributed by atoms with van der Waals surface area (Å²) in [6.45, 7) is 0. The Bertz CT molecular complexity index is 2750. The standard InChI is InChI=1S/C45H29N5/c46-26-29-22-23-43-38(24-29)36-14-2-4-18-40(36)49(43)32-12-7-10-30(25-32)33-16-9-17-34(39(33)28-48)35-13-1-5-19-41(35)50-42-20-6-3-15-37(42)45-31(27-47)11-8-21-44(45)50/h1-10,12-25,31,33,39H,11H2. The first-order valence-electron chi connectivity index (χ1n) is 16.8. The topological polar surface area (TPSA) is 81.2 Å². The van der Waals surface area contributed by atoms with E-state index in [0.29, 0.717) is 12.0 Å². The third-order valence-electron chi connectivity index (χ3n) is 10.3. The van der Waals surface area contributed by atoms with Gasteiger partial charge in [-0.3, -0.25) is 0 Å². The number of hydrogen-bond acceptors (Lipinski definition) is 3. The lowest BCUT2D eigenvalue weighted by Gasteiger charge is -2.27. The Morgan fingerprint density at radius 2 is 1.42 bits per heavy atom. The van der Waals surface area contributed by atoms with Crippen LogP contribution >= 0.6 is 0 Å². The molecule has 3 unspecified atom stereocenters. The Morgan fingerprint density at radius 1 is 0.660 bits per heavy atom. The molecule has 5 nitrogen and oxygen atoms in total. The SMILES string of the molecule is N#Cc1ccc2c(c1)c1ccccc1n2-c1cccc(C2C=CC=C(c3ccccc3-n3c4c(c5ccccc53)C(C#N)CC=C4)C2C#N)c1. The molecule has 0 spiro atoms. The summed E-state index contributed by atoms with van der Waals surface area (Å²) >= 11 is 0. The van der Waals surface area contributed by atoms with Gasteiger partial charge >= 0.3 is 0 Å². The van der Waals surface area contributed by atoms with Crippen molar-refractivity contribution in [1.82, 2.24) is 9.13 Å². The molecule has 0 bridgehead atoms. The fourth-order valence-corrected chi connectivity index (χ4v) is 8.13. The van der Waals surface area contributed by atoms with Crippen molar-refractivity contribution >= 4 is 44.4 Å². The molecule has 50 heavy (non-hydrogen) atoms. The summed E-state index contributed by atoms with van der Waals surface area (Å²) in [4.78, 5) is 0. The van der Waals surface area contributed by atoms with Gasteiger partial charge in [0.15, 0.2) is 0 Å². The number of nitrogens with zero attached hydrogens (tertiary/aromatic N) is 5. The van der Waals surface area contributed by atoms with Gasteiger partial charge in [0.1, 0.15) is 0 Å². The Hall–Kier alpha value is -6.87. The fraction of sp³-hybridized carbons (Fsp3) is 0.0889. The zero-order chi connectivity index (χ0) is 33.8. The molecule has 5 heteroatoms. The molecule has 2 aliphatic rings. The highest BCUT2D eigenvalue weighted by molar-refractivity contribution is 6.09. The van der Waals surface area contributed by atoms with Crippen LogP contribution in [0, 0.1) is 39.9 Å². The molecule has 2 aromatic heterocycles. The van der Waals surface area contributed by atoms with Crippen molar-refractivity contribution in [2.45, 2.75) is 18.3 Å². The number of hydrogen-bond donors (Lipinski definition) is 0. The van der Waals surface area contributed by atoms with Crippen LogP contribution in [0.15, 0.2) is 140 Å². The van der Waals surface area contributed by atoms with Gasteiger partial charge < -0.3 is 9.13 Å². The normalized spacial score (nSPS) is 18.0. The van der Waals surface area contributed by atoms with Crippen molar-refractivity contribution in [3.63, 3.8) is 0 Å². The molecule has 0 radical (unpaired) electrons. The van der Waals surface area contributed by atoms with Crippen molar-refractivity contribution < 1.29 is 0 Å². The molecule has 0 amide bonds. The maximum absolute atomic E-state index is 10.9. The summed E-state index contributed by atoms with van der Waals surface area (Å²) in [5, 5.41) is 33.8. The Kier molecular flexibility index (Phi) is 6.84.